The van der Waals surface area contributed by atoms with E-state index in [1.165, 1.54) is 30.3 Å². The summed E-state index contributed by atoms with van der Waals surface area (Å²) >= 11 is 0. The van der Waals surface area contributed by atoms with Gasteiger partial charge in [-0.15, -0.1) is 0 Å². The molecule has 122 valence electrons. The number of nitrogens with zero attached hydrogens (tertiary/aromatic N) is 1. The standard InChI is InChI=1S/C15H16N2O5S/c1-3-22-15-10-12(6-9-14(15)17(18)19)16-23(20,21)13-7-4-11(2)5-8-13/h4-10,16H,3H2,1-2H3. The smallest absolute Gasteiger partial charge is 0.311 e. The van der Waals surface area contributed by atoms with Crippen molar-refractivity contribution in [2.45, 2.75) is 18.7 Å². The van der Waals surface area contributed by atoms with Gasteiger partial charge in [-0.1, -0.05) is 17.7 Å². The molecule has 0 aliphatic carbocycles. The van der Waals surface area contributed by atoms with E-state index < -0.39 is 14.9 Å². The van der Waals surface area contributed by atoms with Gasteiger partial charge >= 0.3 is 5.69 Å². The second-order valence-corrected chi connectivity index (χ2v) is 6.47. The van der Waals surface area contributed by atoms with Gasteiger partial charge in [-0.25, -0.2) is 8.42 Å². The number of nitro benzene ring substituents is 1. The zero-order chi connectivity index (χ0) is 17.0. The van der Waals surface area contributed by atoms with Crippen LogP contribution < -0.4 is 9.46 Å². The minimum absolute atomic E-state index is 0.0154. The SMILES string of the molecule is CCOc1cc(NS(=O)(=O)c2ccc(C)cc2)ccc1[N+](=O)[O-]. The zero-order valence-corrected chi connectivity index (χ0v) is 13.5. The average Bonchev–Trinajstić information content (AvgIpc) is 2.47. The van der Waals surface area contributed by atoms with Gasteiger partial charge in [-0.05, 0) is 32.0 Å². The van der Waals surface area contributed by atoms with Crippen molar-refractivity contribution in [1.29, 1.82) is 0 Å². The molecule has 7 nitrogen and oxygen atoms in total. The molecule has 0 atom stereocenters. The predicted molar refractivity (Wildman–Crippen MR) is 86.3 cm³/mol. The van der Waals surface area contributed by atoms with Gasteiger partial charge < -0.3 is 4.74 Å². The summed E-state index contributed by atoms with van der Waals surface area (Å²) in [6, 6.07) is 10.2. The molecule has 0 fully saturated rings. The molecule has 8 heteroatoms. The van der Waals surface area contributed by atoms with Crippen LogP contribution >= 0.6 is 0 Å². The van der Waals surface area contributed by atoms with E-state index in [-0.39, 0.29) is 28.6 Å². The Morgan fingerprint density at radius 1 is 1.17 bits per heavy atom. The van der Waals surface area contributed by atoms with Gasteiger partial charge in [0.05, 0.1) is 22.1 Å². The molecule has 23 heavy (non-hydrogen) atoms. The summed E-state index contributed by atoms with van der Waals surface area (Å²) in [4.78, 5) is 10.5. The lowest BCUT2D eigenvalue weighted by Gasteiger charge is -2.10. The second-order valence-electron chi connectivity index (χ2n) is 4.79. The highest BCUT2D eigenvalue weighted by Crippen LogP contribution is 2.31. The molecule has 0 spiro atoms. The van der Waals surface area contributed by atoms with Gasteiger partial charge in [-0.3, -0.25) is 14.8 Å². The van der Waals surface area contributed by atoms with E-state index in [2.05, 4.69) is 4.72 Å². The van der Waals surface area contributed by atoms with E-state index >= 15 is 0 Å². The van der Waals surface area contributed by atoms with E-state index in [9.17, 15) is 18.5 Å². The van der Waals surface area contributed by atoms with Crippen LogP contribution in [-0.2, 0) is 10.0 Å². The number of nitro groups is 1. The van der Waals surface area contributed by atoms with Crippen LogP contribution in [0.2, 0.25) is 0 Å². The third-order valence-corrected chi connectivity index (χ3v) is 4.44. The number of anilines is 1. The van der Waals surface area contributed by atoms with Gasteiger partial charge in [0.2, 0.25) is 0 Å². The number of ether oxygens (including phenoxy) is 1. The molecule has 0 aromatic heterocycles. The molecular weight excluding hydrogens is 320 g/mol. The molecule has 2 aromatic carbocycles. The van der Waals surface area contributed by atoms with Crippen LogP contribution in [0.25, 0.3) is 0 Å². The molecule has 0 unspecified atom stereocenters. The summed E-state index contributed by atoms with van der Waals surface area (Å²) in [5.41, 5.74) is 0.919. The summed E-state index contributed by atoms with van der Waals surface area (Å²) < 4.78 is 32.2. The van der Waals surface area contributed by atoms with E-state index in [1.54, 1.807) is 19.1 Å². The molecule has 2 rings (SSSR count). The number of sulfonamides is 1. The molecule has 0 radical (unpaired) electrons. The second kappa shape index (κ2) is 6.66. The Labute approximate surface area is 134 Å². The van der Waals surface area contributed by atoms with Crippen LogP contribution in [0.1, 0.15) is 12.5 Å². The number of nitrogens with one attached hydrogen (secondary N) is 1. The van der Waals surface area contributed by atoms with Gasteiger partial charge in [0.1, 0.15) is 0 Å². The van der Waals surface area contributed by atoms with Gasteiger partial charge in [0.25, 0.3) is 10.0 Å². The number of aryl methyl sites for hydroxylation is 1. The summed E-state index contributed by atoms with van der Waals surface area (Å²) in [7, 11) is -3.77. The Kier molecular flexibility index (Phi) is 4.85. The van der Waals surface area contributed by atoms with Crippen molar-refractivity contribution in [2.75, 3.05) is 11.3 Å². The van der Waals surface area contributed by atoms with Gasteiger partial charge in [-0.2, -0.15) is 0 Å². The van der Waals surface area contributed by atoms with Crippen LogP contribution in [0.3, 0.4) is 0 Å². The van der Waals surface area contributed by atoms with Gasteiger partial charge in [0, 0.05) is 12.1 Å². The Hall–Kier alpha value is -2.61. The summed E-state index contributed by atoms with van der Waals surface area (Å²) in [6.07, 6.45) is 0. The minimum Gasteiger partial charge on any atom is -0.487 e. The maximum Gasteiger partial charge on any atom is 0.311 e. The van der Waals surface area contributed by atoms with E-state index in [0.717, 1.165) is 5.56 Å². The molecule has 0 saturated heterocycles. The predicted octanol–water partition coefficient (Wildman–Crippen LogP) is 3.10. The Morgan fingerprint density at radius 2 is 1.83 bits per heavy atom. The molecule has 0 aliphatic rings. The third-order valence-electron chi connectivity index (χ3n) is 3.04. The number of hydrogen-bond donors (Lipinski definition) is 1. The molecular formula is C15H16N2O5S. The molecule has 0 heterocycles. The third kappa shape index (κ3) is 3.98. The van der Waals surface area contributed by atoms with Crippen LogP contribution in [0, 0.1) is 17.0 Å². The van der Waals surface area contributed by atoms with E-state index in [1.807, 2.05) is 6.92 Å². The van der Waals surface area contributed by atoms with Crippen LogP contribution in [-0.4, -0.2) is 19.9 Å². The summed E-state index contributed by atoms with van der Waals surface area (Å²) in [5, 5.41) is 10.9. The quantitative estimate of drug-likeness (QED) is 0.645. The lowest BCUT2D eigenvalue weighted by molar-refractivity contribution is -0.385. The first-order chi connectivity index (χ1) is 10.8. The molecule has 2 aromatic rings. The molecule has 0 saturated carbocycles. The zero-order valence-electron chi connectivity index (χ0n) is 12.6. The summed E-state index contributed by atoms with van der Waals surface area (Å²) in [6.45, 7) is 3.77. The Bertz CT molecular complexity index is 816. The number of hydrogen-bond acceptors (Lipinski definition) is 5. The maximum absolute atomic E-state index is 12.3. The average molecular weight is 336 g/mol. The molecule has 0 bridgehead atoms. The topological polar surface area (TPSA) is 98.5 Å². The lowest BCUT2D eigenvalue weighted by Crippen LogP contribution is -2.13. The fraction of sp³-hybridized carbons (Fsp3) is 0.200. The first-order valence-corrected chi connectivity index (χ1v) is 8.32. The van der Waals surface area contributed by atoms with Crippen molar-refractivity contribution in [3.63, 3.8) is 0 Å². The van der Waals surface area contributed by atoms with Crippen molar-refractivity contribution in [3.05, 3.63) is 58.1 Å². The molecule has 0 aliphatic heterocycles. The van der Waals surface area contributed by atoms with Crippen LogP contribution in [0.5, 0.6) is 5.75 Å². The normalized spacial score (nSPS) is 11.0. The van der Waals surface area contributed by atoms with Crippen molar-refractivity contribution in [3.8, 4) is 5.75 Å². The molecule has 1 N–H and O–H groups in total. The van der Waals surface area contributed by atoms with Crippen molar-refractivity contribution < 1.29 is 18.1 Å². The maximum atomic E-state index is 12.3. The van der Waals surface area contributed by atoms with Crippen LogP contribution in [0.4, 0.5) is 11.4 Å². The van der Waals surface area contributed by atoms with Crippen molar-refractivity contribution in [2.24, 2.45) is 0 Å². The first kappa shape index (κ1) is 16.8. The Morgan fingerprint density at radius 3 is 2.39 bits per heavy atom. The lowest BCUT2D eigenvalue weighted by atomic mass is 10.2. The highest BCUT2D eigenvalue weighted by molar-refractivity contribution is 7.92. The van der Waals surface area contributed by atoms with Crippen LogP contribution in [0.15, 0.2) is 47.4 Å². The highest BCUT2D eigenvalue weighted by atomic mass is 32.2. The largest absolute Gasteiger partial charge is 0.487 e. The highest BCUT2D eigenvalue weighted by Gasteiger charge is 2.19. The summed E-state index contributed by atoms with van der Waals surface area (Å²) in [5.74, 6) is 0.0154. The van der Waals surface area contributed by atoms with Gasteiger partial charge in [0.15, 0.2) is 5.75 Å². The van der Waals surface area contributed by atoms with E-state index in [0.29, 0.717) is 0 Å². The molecule has 0 amide bonds. The van der Waals surface area contributed by atoms with Crippen molar-refractivity contribution >= 4 is 21.4 Å². The number of rotatable bonds is 6. The monoisotopic (exact) mass is 336 g/mol. The minimum atomic E-state index is -3.77. The fourth-order valence-corrected chi connectivity index (χ4v) is 2.98. The fourth-order valence-electron chi connectivity index (χ4n) is 1.93. The Balaban J connectivity index is 2.33. The van der Waals surface area contributed by atoms with E-state index in [4.69, 9.17) is 4.74 Å². The first-order valence-electron chi connectivity index (χ1n) is 6.84. The number of benzene rings is 2. The van der Waals surface area contributed by atoms with Crippen molar-refractivity contribution in [1.82, 2.24) is 0 Å².